The van der Waals surface area contributed by atoms with Crippen molar-refractivity contribution in [2.75, 3.05) is 18.1 Å². The Morgan fingerprint density at radius 1 is 1.11 bits per heavy atom. The zero-order valence-electron chi connectivity index (χ0n) is 11.2. The van der Waals surface area contributed by atoms with E-state index in [1.165, 1.54) is 62.9 Å². The van der Waals surface area contributed by atoms with Crippen LogP contribution in [0, 0.1) is 0 Å². The summed E-state index contributed by atoms with van der Waals surface area (Å²) in [6.45, 7) is 0.954. The minimum atomic E-state index is 0.296. The molecule has 2 fully saturated rings. The van der Waals surface area contributed by atoms with E-state index < -0.39 is 0 Å². The first-order chi connectivity index (χ1) is 8.82. The smallest absolute Gasteiger partial charge is 0.192 e. The SMILES string of the molecule is NC1=NCC2(CCSCC2)N1C1CCCCCC1. The van der Waals surface area contributed by atoms with Gasteiger partial charge in [0.2, 0.25) is 0 Å². The van der Waals surface area contributed by atoms with Crippen LogP contribution in [0.2, 0.25) is 0 Å². The van der Waals surface area contributed by atoms with E-state index in [1.807, 2.05) is 0 Å². The molecule has 0 bridgehead atoms. The van der Waals surface area contributed by atoms with Crippen molar-refractivity contribution in [2.45, 2.75) is 62.9 Å². The summed E-state index contributed by atoms with van der Waals surface area (Å²) >= 11 is 2.09. The van der Waals surface area contributed by atoms with Crippen LogP contribution in [0.15, 0.2) is 4.99 Å². The fourth-order valence-corrected chi connectivity index (χ4v) is 5.12. The van der Waals surface area contributed by atoms with E-state index >= 15 is 0 Å². The van der Waals surface area contributed by atoms with Crippen LogP contribution < -0.4 is 5.73 Å². The van der Waals surface area contributed by atoms with Crippen molar-refractivity contribution in [3.63, 3.8) is 0 Å². The Kier molecular flexibility index (Phi) is 3.73. The summed E-state index contributed by atoms with van der Waals surface area (Å²) in [7, 11) is 0. The van der Waals surface area contributed by atoms with Crippen molar-refractivity contribution >= 4 is 17.7 Å². The molecule has 1 saturated heterocycles. The third-order valence-electron chi connectivity index (χ3n) is 4.91. The van der Waals surface area contributed by atoms with Gasteiger partial charge < -0.3 is 10.6 Å². The summed E-state index contributed by atoms with van der Waals surface area (Å²) < 4.78 is 0. The van der Waals surface area contributed by atoms with Gasteiger partial charge in [-0.1, -0.05) is 25.7 Å². The fraction of sp³-hybridized carbons (Fsp3) is 0.929. The van der Waals surface area contributed by atoms with Crippen LogP contribution in [0.3, 0.4) is 0 Å². The molecule has 2 heterocycles. The van der Waals surface area contributed by atoms with E-state index in [-0.39, 0.29) is 0 Å². The number of thioether (sulfide) groups is 1. The second-order valence-corrected chi connectivity index (χ2v) is 7.25. The van der Waals surface area contributed by atoms with Gasteiger partial charge >= 0.3 is 0 Å². The lowest BCUT2D eigenvalue weighted by Crippen LogP contribution is -2.57. The molecule has 4 heteroatoms. The molecule has 0 aromatic carbocycles. The first-order valence-electron chi connectivity index (χ1n) is 7.49. The highest BCUT2D eigenvalue weighted by Gasteiger charge is 2.45. The van der Waals surface area contributed by atoms with Gasteiger partial charge in [-0.3, -0.25) is 4.99 Å². The first kappa shape index (κ1) is 12.6. The summed E-state index contributed by atoms with van der Waals surface area (Å²) in [4.78, 5) is 7.17. The molecule has 0 unspecified atom stereocenters. The zero-order chi connectivity index (χ0) is 12.4. The minimum Gasteiger partial charge on any atom is -0.370 e. The van der Waals surface area contributed by atoms with E-state index in [0.717, 1.165) is 12.5 Å². The summed E-state index contributed by atoms with van der Waals surface area (Å²) in [5, 5.41) is 0. The number of hydrogen-bond donors (Lipinski definition) is 1. The maximum atomic E-state index is 6.24. The van der Waals surface area contributed by atoms with Crippen molar-refractivity contribution < 1.29 is 0 Å². The molecule has 1 spiro atoms. The normalized spacial score (nSPS) is 29.3. The van der Waals surface area contributed by atoms with E-state index in [9.17, 15) is 0 Å². The van der Waals surface area contributed by atoms with E-state index in [1.54, 1.807) is 0 Å². The molecule has 1 saturated carbocycles. The second kappa shape index (κ2) is 5.32. The monoisotopic (exact) mass is 267 g/mol. The van der Waals surface area contributed by atoms with Crippen LogP contribution in [0.4, 0.5) is 0 Å². The summed E-state index contributed by atoms with van der Waals surface area (Å²) in [5.74, 6) is 3.41. The maximum Gasteiger partial charge on any atom is 0.192 e. The van der Waals surface area contributed by atoms with E-state index in [2.05, 4.69) is 21.7 Å². The van der Waals surface area contributed by atoms with Crippen molar-refractivity contribution in [1.29, 1.82) is 0 Å². The Labute approximate surface area is 115 Å². The predicted molar refractivity (Wildman–Crippen MR) is 79.1 cm³/mol. The van der Waals surface area contributed by atoms with Crippen LogP contribution in [-0.4, -0.2) is 40.5 Å². The molecule has 0 radical (unpaired) electrons. The Morgan fingerprint density at radius 3 is 2.44 bits per heavy atom. The highest BCUT2D eigenvalue weighted by molar-refractivity contribution is 7.99. The molecule has 3 aliphatic rings. The number of rotatable bonds is 1. The van der Waals surface area contributed by atoms with Gasteiger partial charge in [0.1, 0.15) is 0 Å². The molecule has 0 atom stereocenters. The van der Waals surface area contributed by atoms with Gasteiger partial charge in [-0.25, -0.2) is 0 Å². The third kappa shape index (κ3) is 2.24. The van der Waals surface area contributed by atoms with Gasteiger partial charge in [0.05, 0.1) is 12.1 Å². The Morgan fingerprint density at radius 2 is 1.78 bits per heavy atom. The van der Waals surface area contributed by atoms with Crippen LogP contribution >= 0.6 is 11.8 Å². The summed E-state index contributed by atoms with van der Waals surface area (Å²) in [6.07, 6.45) is 10.8. The summed E-state index contributed by atoms with van der Waals surface area (Å²) in [6, 6.07) is 0.668. The van der Waals surface area contributed by atoms with E-state index in [0.29, 0.717) is 11.6 Å². The van der Waals surface area contributed by atoms with Crippen LogP contribution in [0.1, 0.15) is 51.4 Å². The lowest BCUT2D eigenvalue weighted by Gasteiger charge is -2.46. The highest BCUT2D eigenvalue weighted by atomic mass is 32.2. The summed E-state index contributed by atoms with van der Waals surface area (Å²) in [5.41, 5.74) is 6.53. The number of nitrogens with two attached hydrogens (primary N) is 1. The van der Waals surface area contributed by atoms with Gasteiger partial charge in [-0.2, -0.15) is 11.8 Å². The molecule has 2 aliphatic heterocycles. The average molecular weight is 267 g/mol. The van der Waals surface area contributed by atoms with Gasteiger partial charge in [0.25, 0.3) is 0 Å². The van der Waals surface area contributed by atoms with Crippen LogP contribution in [0.5, 0.6) is 0 Å². The molecular weight excluding hydrogens is 242 g/mol. The van der Waals surface area contributed by atoms with E-state index in [4.69, 9.17) is 5.73 Å². The largest absolute Gasteiger partial charge is 0.370 e. The van der Waals surface area contributed by atoms with Crippen molar-refractivity contribution in [2.24, 2.45) is 10.7 Å². The standard InChI is InChI=1S/C14H25N3S/c15-13-16-11-14(7-9-18-10-8-14)17(13)12-5-3-1-2-4-6-12/h12H,1-11H2,(H2,15,16). The predicted octanol–water partition coefficient (Wildman–Crippen LogP) is 2.61. The van der Waals surface area contributed by atoms with Crippen molar-refractivity contribution in [1.82, 2.24) is 4.90 Å². The molecule has 3 rings (SSSR count). The number of nitrogens with zero attached hydrogens (tertiary/aromatic N) is 2. The molecule has 0 amide bonds. The van der Waals surface area contributed by atoms with Gasteiger partial charge in [-0.15, -0.1) is 0 Å². The maximum absolute atomic E-state index is 6.24. The minimum absolute atomic E-state index is 0.296. The fourth-order valence-electron chi connectivity index (χ4n) is 3.86. The van der Waals surface area contributed by atoms with Gasteiger partial charge in [-0.05, 0) is 37.2 Å². The Hall–Kier alpha value is -0.380. The average Bonchev–Trinajstić information content (AvgIpc) is 2.61. The molecular formula is C14H25N3S. The Balaban J connectivity index is 1.79. The van der Waals surface area contributed by atoms with Crippen LogP contribution in [-0.2, 0) is 0 Å². The van der Waals surface area contributed by atoms with Crippen LogP contribution in [0.25, 0.3) is 0 Å². The molecule has 1 aliphatic carbocycles. The Bertz CT molecular complexity index is 315. The van der Waals surface area contributed by atoms with Crippen molar-refractivity contribution in [3.05, 3.63) is 0 Å². The van der Waals surface area contributed by atoms with Gasteiger partial charge in [0.15, 0.2) is 5.96 Å². The van der Waals surface area contributed by atoms with Gasteiger partial charge in [0, 0.05) is 6.04 Å². The molecule has 0 aromatic rings. The third-order valence-corrected chi connectivity index (χ3v) is 5.89. The number of hydrogen-bond acceptors (Lipinski definition) is 4. The molecule has 102 valence electrons. The second-order valence-electron chi connectivity index (χ2n) is 6.03. The topological polar surface area (TPSA) is 41.6 Å². The lowest BCUT2D eigenvalue weighted by molar-refractivity contribution is 0.125. The quantitative estimate of drug-likeness (QED) is 0.743. The molecule has 3 nitrogen and oxygen atoms in total. The van der Waals surface area contributed by atoms with Crippen molar-refractivity contribution in [3.8, 4) is 0 Å². The molecule has 2 N–H and O–H groups in total. The number of guanidine groups is 1. The zero-order valence-corrected chi connectivity index (χ0v) is 12.1. The highest BCUT2D eigenvalue weighted by Crippen LogP contribution is 2.39. The first-order valence-corrected chi connectivity index (χ1v) is 8.64. The molecule has 0 aromatic heterocycles. The molecule has 18 heavy (non-hydrogen) atoms. The number of aliphatic imine (C=N–C) groups is 1. The lowest BCUT2D eigenvalue weighted by atomic mass is 9.88.